The maximum Gasteiger partial charge on any atom is 0.196 e. The van der Waals surface area contributed by atoms with Crippen molar-refractivity contribution in [1.82, 2.24) is 4.90 Å². The maximum atomic E-state index is 12.5. The fourth-order valence-corrected chi connectivity index (χ4v) is 3.45. The van der Waals surface area contributed by atoms with Crippen molar-refractivity contribution in [3.8, 4) is 0 Å². The van der Waals surface area contributed by atoms with Gasteiger partial charge in [0.05, 0.1) is 0 Å². The molecular weight excluding hydrogens is 226 g/mol. The van der Waals surface area contributed by atoms with Crippen molar-refractivity contribution >= 4 is 5.78 Å². The number of fused-ring (bicyclic) bond motifs is 1. The lowest BCUT2D eigenvalue weighted by Gasteiger charge is -2.40. The molecule has 3 nitrogen and oxygen atoms in total. The highest BCUT2D eigenvalue weighted by molar-refractivity contribution is 6.07. The summed E-state index contributed by atoms with van der Waals surface area (Å²) in [6.07, 6.45) is 3.63. The normalized spacial score (nSPS) is 32.6. The van der Waals surface area contributed by atoms with Gasteiger partial charge in [0.25, 0.3) is 0 Å². The molecule has 0 spiro atoms. The highest BCUT2D eigenvalue weighted by atomic mass is 16.3. The molecule has 2 aliphatic rings. The highest BCUT2D eigenvalue weighted by Crippen LogP contribution is 2.37. The highest BCUT2D eigenvalue weighted by Gasteiger charge is 2.51. The Morgan fingerprint density at radius 3 is 2.83 bits per heavy atom. The predicted molar refractivity (Wildman–Crippen MR) is 69.7 cm³/mol. The lowest BCUT2D eigenvalue weighted by molar-refractivity contribution is -0.0281. The van der Waals surface area contributed by atoms with Crippen LogP contribution in [0.5, 0.6) is 0 Å². The van der Waals surface area contributed by atoms with Crippen molar-refractivity contribution in [2.24, 2.45) is 0 Å². The van der Waals surface area contributed by atoms with Crippen molar-refractivity contribution in [3.63, 3.8) is 0 Å². The molecule has 3 heteroatoms. The number of aliphatic hydroxyl groups is 1. The molecule has 0 amide bonds. The van der Waals surface area contributed by atoms with E-state index in [9.17, 15) is 9.90 Å². The Morgan fingerprint density at radius 1 is 1.33 bits per heavy atom. The fraction of sp³-hybridized carbons (Fsp3) is 0.533. The molecule has 0 aromatic heterocycles. The molecule has 3 rings (SSSR count). The van der Waals surface area contributed by atoms with Crippen LogP contribution in [0.1, 0.15) is 35.2 Å². The first-order valence-corrected chi connectivity index (χ1v) is 6.68. The first-order chi connectivity index (χ1) is 8.63. The van der Waals surface area contributed by atoms with Crippen LogP contribution in [-0.4, -0.2) is 41.0 Å². The second kappa shape index (κ2) is 4.18. The van der Waals surface area contributed by atoms with Gasteiger partial charge in [-0.15, -0.1) is 0 Å². The van der Waals surface area contributed by atoms with Gasteiger partial charge in [0.2, 0.25) is 0 Å². The summed E-state index contributed by atoms with van der Waals surface area (Å²) in [5.74, 6) is -0.0862. The fourth-order valence-electron chi connectivity index (χ4n) is 3.45. The van der Waals surface area contributed by atoms with Crippen LogP contribution in [-0.2, 0) is 6.42 Å². The van der Waals surface area contributed by atoms with E-state index in [0.717, 1.165) is 31.4 Å². The monoisotopic (exact) mass is 245 g/mol. The van der Waals surface area contributed by atoms with Crippen LogP contribution in [0.15, 0.2) is 24.3 Å². The zero-order valence-corrected chi connectivity index (χ0v) is 10.7. The summed E-state index contributed by atoms with van der Waals surface area (Å²) < 4.78 is 0. The average Bonchev–Trinajstić information content (AvgIpc) is 2.64. The van der Waals surface area contributed by atoms with Gasteiger partial charge in [0.15, 0.2) is 5.78 Å². The van der Waals surface area contributed by atoms with Crippen molar-refractivity contribution < 1.29 is 9.90 Å². The molecule has 2 atom stereocenters. The summed E-state index contributed by atoms with van der Waals surface area (Å²) in [4.78, 5) is 14.6. The quantitative estimate of drug-likeness (QED) is 0.817. The number of nitrogens with zero attached hydrogens (tertiary/aromatic N) is 1. The number of Topliss-reactive ketones (excluding diaryl/α,β-unsaturated/α-hetero) is 1. The average molecular weight is 245 g/mol. The van der Waals surface area contributed by atoms with Gasteiger partial charge in [-0.05, 0) is 32.0 Å². The van der Waals surface area contributed by atoms with Crippen LogP contribution < -0.4 is 0 Å². The first kappa shape index (κ1) is 11.9. The minimum absolute atomic E-state index is 0.0360. The summed E-state index contributed by atoms with van der Waals surface area (Å²) in [6.45, 7) is 0.969. The lowest BCUT2D eigenvalue weighted by atomic mass is 9.83. The number of likely N-dealkylation sites (N-methyl/N-ethyl adjacent to an activating group) is 1. The number of hydrogen-bond acceptors (Lipinski definition) is 3. The largest absolute Gasteiger partial charge is 0.380 e. The van der Waals surface area contributed by atoms with E-state index in [4.69, 9.17) is 0 Å². The van der Waals surface area contributed by atoms with E-state index in [1.54, 1.807) is 0 Å². The summed E-state index contributed by atoms with van der Waals surface area (Å²) in [7, 11) is 2.01. The molecule has 1 aliphatic heterocycles. The van der Waals surface area contributed by atoms with E-state index in [-0.39, 0.29) is 11.8 Å². The van der Waals surface area contributed by atoms with Crippen LogP contribution in [0.3, 0.4) is 0 Å². The van der Waals surface area contributed by atoms with E-state index in [0.29, 0.717) is 12.0 Å². The summed E-state index contributed by atoms with van der Waals surface area (Å²) in [5, 5.41) is 10.9. The maximum absolute atomic E-state index is 12.5. The zero-order valence-electron chi connectivity index (χ0n) is 10.7. The van der Waals surface area contributed by atoms with Crippen LogP contribution in [0, 0.1) is 0 Å². The molecule has 1 saturated heterocycles. The van der Waals surface area contributed by atoms with Crippen molar-refractivity contribution in [3.05, 3.63) is 35.4 Å². The topological polar surface area (TPSA) is 40.5 Å². The Hall–Kier alpha value is -1.19. The van der Waals surface area contributed by atoms with Crippen LogP contribution in [0.2, 0.25) is 0 Å². The number of carbonyl (C=O) groups excluding carboxylic acids is 1. The van der Waals surface area contributed by atoms with E-state index in [2.05, 4.69) is 4.90 Å². The number of rotatable bonds is 1. The Kier molecular flexibility index (Phi) is 2.76. The predicted octanol–water partition coefficient (Wildman–Crippen LogP) is 1.64. The third-order valence-electron chi connectivity index (χ3n) is 4.44. The molecule has 1 aliphatic carbocycles. The summed E-state index contributed by atoms with van der Waals surface area (Å²) in [6, 6.07) is 7.55. The smallest absolute Gasteiger partial charge is 0.196 e. The molecule has 1 fully saturated rings. The number of benzene rings is 1. The molecule has 1 heterocycles. The third kappa shape index (κ3) is 1.62. The Balaban J connectivity index is 1.96. The van der Waals surface area contributed by atoms with Crippen molar-refractivity contribution in [2.45, 2.75) is 37.3 Å². The van der Waals surface area contributed by atoms with Gasteiger partial charge in [0, 0.05) is 18.0 Å². The molecule has 0 bridgehead atoms. The van der Waals surface area contributed by atoms with Crippen LogP contribution in [0.4, 0.5) is 0 Å². The minimum Gasteiger partial charge on any atom is -0.380 e. The van der Waals surface area contributed by atoms with Gasteiger partial charge in [-0.1, -0.05) is 30.7 Å². The Labute approximate surface area is 107 Å². The van der Waals surface area contributed by atoms with Gasteiger partial charge >= 0.3 is 0 Å². The number of piperidine rings is 1. The van der Waals surface area contributed by atoms with E-state index in [1.807, 2.05) is 31.3 Å². The number of carbonyl (C=O) groups is 1. The molecule has 0 radical (unpaired) electrons. The zero-order chi connectivity index (χ0) is 12.8. The van der Waals surface area contributed by atoms with E-state index < -0.39 is 5.60 Å². The molecule has 1 aromatic rings. The van der Waals surface area contributed by atoms with E-state index in [1.165, 1.54) is 0 Å². The molecule has 0 saturated carbocycles. The second-order valence-corrected chi connectivity index (χ2v) is 5.58. The van der Waals surface area contributed by atoms with Gasteiger partial charge in [-0.3, -0.25) is 4.79 Å². The SMILES string of the molecule is CN1CCCCC1C1(O)Cc2ccccc2C1=O. The molecule has 1 aromatic carbocycles. The molecule has 2 unspecified atom stereocenters. The minimum atomic E-state index is -1.21. The Bertz CT molecular complexity index is 485. The number of ketones is 1. The summed E-state index contributed by atoms with van der Waals surface area (Å²) in [5.41, 5.74) is 0.488. The first-order valence-electron chi connectivity index (χ1n) is 6.68. The van der Waals surface area contributed by atoms with Crippen molar-refractivity contribution in [1.29, 1.82) is 0 Å². The molecule has 96 valence electrons. The second-order valence-electron chi connectivity index (χ2n) is 5.58. The van der Waals surface area contributed by atoms with Gasteiger partial charge in [0.1, 0.15) is 5.60 Å². The number of hydrogen-bond donors (Lipinski definition) is 1. The van der Waals surface area contributed by atoms with Gasteiger partial charge in [-0.25, -0.2) is 0 Å². The summed E-state index contributed by atoms with van der Waals surface area (Å²) >= 11 is 0. The van der Waals surface area contributed by atoms with E-state index >= 15 is 0 Å². The third-order valence-corrected chi connectivity index (χ3v) is 4.44. The molecule has 18 heavy (non-hydrogen) atoms. The van der Waals surface area contributed by atoms with Crippen molar-refractivity contribution in [2.75, 3.05) is 13.6 Å². The van der Waals surface area contributed by atoms with Gasteiger partial charge < -0.3 is 10.0 Å². The van der Waals surface area contributed by atoms with Crippen LogP contribution >= 0.6 is 0 Å². The molecule has 1 N–H and O–H groups in total. The standard InChI is InChI=1S/C15H19NO2/c1-16-9-5-4-8-13(16)15(18)10-11-6-2-3-7-12(11)14(15)17/h2-3,6-7,13,18H,4-5,8-10H2,1H3. The lowest BCUT2D eigenvalue weighted by Crippen LogP contribution is -2.57. The van der Waals surface area contributed by atoms with Crippen LogP contribution in [0.25, 0.3) is 0 Å². The number of likely N-dealkylation sites (tertiary alicyclic amines) is 1. The molecular formula is C15H19NO2. The Morgan fingerprint density at radius 2 is 2.11 bits per heavy atom. The van der Waals surface area contributed by atoms with Gasteiger partial charge in [-0.2, -0.15) is 0 Å².